The molecular weight excluding hydrogens is 260 g/mol. The van der Waals surface area contributed by atoms with E-state index >= 15 is 0 Å². The van der Waals surface area contributed by atoms with E-state index in [-0.39, 0.29) is 0 Å². The fourth-order valence-electron chi connectivity index (χ4n) is 2.56. The van der Waals surface area contributed by atoms with Crippen LogP contribution in [0.1, 0.15) is 16.7 Å². The molecule has 0 unspecified atom stereocenters. The van der Waals surface area contributed by atoms with E-state index in [4.69, 9.17) is 10.5 Å². The van der Waals surface area contributed by atoms with Gasteiger partial charge in [-0.1, -0.05) is 23.8 Å². The maximum absolute atomic E-state index is 5.90. The van der Waals surface area contributed by atoms with Crippen LogP contribution < -0.4 is 10.5 Å². The van der Waals surface area contributed by atoms with E-state index < -0.39 is 0 Å². The summed E-state index contributed by atoms with van der Waals surface area (Å²) in [6.45, 7) is 3.19. The summed E-state index contributed by atoms with van der Waals surface area (Å²) in [4.78, 5) is 0. The summed E-state index contributed by atoms with van der Waals surface area (Å²) in [5.41, 5.74) is 10.5. The summed E-state index contributed by atoms with van der Waals surface area (Å²) in [6, 6.07) is 14.5. The molecule has 1 aromatic heterocycles. The topological polar surface area (TPSA) is 40.2 Å². The Bertz CT molecular complexity index is 757. The van der Waals surface area contributed by atoms with Crippen LogP contribution in [0.2, 0.25) is 0 Å². The molecule has 0 radical (unpaired) electrons. The quantitative estimate of drug-likeness (QED) is 0.794. The molecule has 108 valence electrons. The number of aromatic nitrogens is 1. The second-order valence-electron chi connectivity index (χ2n) is 5.42. The number of fused-ring (bicyclic) bond motifs is 1. The Hall–Kier alpha value is -2.26. The molecule has 0 amide bonds. The second-order valence-corrected chi connectivity index (χ2v) is 5.42. The van der Waals surface area contributed by atoms with Gasteiger partial charge >= 0.3 is 0 Å². The predicted octanol–water partition coefficient (Wildman–Crippen LogP) is 3.52. The van der Waals surface area contributed by atoms with Gasteiger partial charge in [-0.25, -0.2) is 0 Å². The van der Waals surface area contributed by atoms with Gasteiger partial charge in [-0.2, -0.15) is 0 Å². The molecule has 3 nitrogen and oxygen atoms in total. The number of ether oxygens (including phenoxy) is 1. The first-order valence-electron chi connectivity index (χ1n) is 7.14. The van der Waals surface area contributed by atoms with Crippen molar-refractivity contribution >= 4 is 10.9 Å². The molecule has 0 aliphatic rings. The van der Waals surface area contributed by atoms with Crippen LogP contribution in [-0.2, 0) is 20.2 Å². The Morgan fingerprint density at radius 3 is 2.57 bits per heavy atom. The summed E-state index contributed by atoms with van der Waals surface area (Å²) < 4.78 is 8.03. The smallest absolute Gasteiger partial charge is 0.119 e. The third kappa shape index (κ3) is 2.78. The Labute approximate surface area is 125 Å². The van der Waals surface area contributed by atoms with Gasteiger partial charge in [0.2, 0.25) is 0 Å². The maximum Gasteiger partial charge on any atom is 0.119 e. The van der Waals surface area contributed by atoms with Crippen LogP contribution in [0.25, 0.3) is 10.9 Å². The lowest BCUT2D eigenvalue weighted by atomic mass is 10.1. The molecule has 3 rings (SSSR count). The van der Waals surface area contributed by atoms with E-state index in [1.807, 2.05) is 12.1 Å². The van der Waals surface area contributed by atoms with Crippen LogP contribution in [0.3, 0.4) is 0 Å². The summed E-state index contributed by atoms with van der Waals surface area (Å²) in [5.74, 6) is 0.896. The van der Waals surface area contributed by atoms with Gasteiger partial charge in [0.15, 0.2) is 0 Å². The van der Waals surface area contributed by atoms with Crippen molar-refractivity contribution < 1.29 is 4.74 Å². The molecule has 0 bridgehead atoms. The molecule has 0 saturated carbocycles. The standard InChI is InChI=1S/C18H20N2O/c1-13-3-6-16(7-4-13)21-12-15-11-20(2)18-8-5-14(10-19)9-17(15)18/h3-9,11H,10,12,19H2,1-2H3. The predicted molar refractivity (Wildman–Crippen MR) is 86.3 cm³/mol. The fourth-order valence-corrected chi connectivity index (χ4v) is 2.56. The van der Waals surface area contributed by atoms with Gasteiger partial charge in [0, 0.05) is 36.3 Å². The lowest BCUT2D eigenvalue weighted by molar-refractivity contribution is 0.307. The number of nitrogens with zero attached hydrogens (tertiary/aromatic N) is 1. The van der Waals surface area contributed by atoms with E-state index in [0.717, 1.165) is 11.3 Å². The second kappa shape index (κ2) is 5.62. The first-order chi connectivity index (χ1) is 10.2. The average molecular weight is 280 g/mol. The minimum absolute atomic E-state index is 0.559. The van der Waals surface area contributed by atoms with Crippen LogP contribution in [0, 0.1) is 6.92 Å². The number of hydrogen-bond acceptors (Lipinski definition) is 2. The van der Waals surface area contributed by atoms with E-state index in [9.17, 15) is 0 Å². The molecular formula is C18H20N2O. The molecule has 1 heterocycles. The van der Waals surface area contributed by atoms with Gasteiger partial charge in [-0.15, -0.1) is 0 Å². The number of nitrogens with two attached hydrogens (primary N) is 1. The summed E-state index contributed by atoms with van der Waals surface area (Å²) in [7, 11) is 2.06. The van der Waals surface area contributed by atoms with Gasteiger partial charge < -0.3 is 15.0 Å². The van der Waals surface area contributed by atoms with Crippen molar-refractivity contribution in [1.29, 1.82) is 0 Å². The fraction of sp³-hybridized carbons (Fsp3) is 0.222. The Balaban J connectivity index is 1.87. The van der Waals surface area contributed by atoms with Crippen molar-refractivity contribution in [2.24, 2.45) is 12.8 Å². The van der Waals surface area contributed by atoms with E-state index in [2.05, 4.69) is 55.1 Å². The lowest BCUT2D eigenvalue weighted by Gasteiger charge is -2.06. The zero-order valence-electron chi connectivity index (χ0n) is 12.5. The zero-order chi connectivity index (χ0) is 14.8. The SMILES string of the molecule is Cc1ccc(OCc2cn(C)c3ccc(CN)cc23)cc1. The Morgan fingerprint density at radius 2 is 1.86 bits per heavy atom. The summed E-state index contributed by atoms with van der Waals surface area (Å²) >= 11 is 0. The van der Waals surface area contributed by atoms with E-state index in [0.29, 0.717) is 13.2 Å². The number of aryl methyl sites for hydroxylation is 2. The van der Waals surface area contributed by atoms with Gasteiger partial charge in [-0.3, -0.25) is 0 Å². The van der Waals surface area contributed by atoms with Crippen LogP contribution >= 0.6 is 0 Å². The molecule has 21 heavy (non-hydrogen) atoms. The highest BCUT2D eigenvalue weighted by molar-refractivity contribution is 5.84. The molecule has 2 aromatic carbocycles. The van der Waals surface area contributed by atoms with E-state index in [1.165, 1.54) is 22.0 Å². The van der Waals surface area contributed by atoms with Crippen molar-refractivity contribution in [3.8, 4) is 5.75 Å². The minimum atomic E-state index is 0.559. The van der Waals surface area contributed by atoms with Gasteiger partial charge in [0.1, 0.15) is 12.4 Å². The molecule has 0 fully saturated rings. The Morgan fingerprint density at radius 1 is 1.10 bits per heavy atom. The monoisotopic (exact) mass is 280 g/mol. The molecule has 3 aromatic rings. The van der Waals surface area contributed by atoms with Crippen molar-refractivity contribution in [2.45, 2.75) is 20.1 Å². The van der Waals surface area contributed by atoms with Crippen LogP contribution in [0.4, 0.5) is 0 Å². The average Bonchev–Trinajstić information content (AvgIpc) is 2.82. The lowest BCUT2D eigenvalue weighted by Crippen LogP contribution is -1.97. The van der Waals surface area contributed by atoms with Gasteiger partial charge in [0.05, 0.1) is 0 Å². The third-order valence-corrected chi connectivity index (χ3v) is 3.79. The van der Waals surface area contributed by atoms with Crippen molar-refractivity contribution in [1.82, 2.24) is 4.57 Å². The highest BCUT2D eigenvalue weighted by Gasteiger charge is 2.08. The Kier molecular flexibility index (Phi) is 3.67. The van der Waals surface area contributed by atoms with E-state index in [1.54, 1.807) is 0 Å². The first-order valence-corrected chi connectivity index (χ1v) is 7.14. The van der Waals surface area contributed by atoms with Crippen molar-refractivity contribution in [3.63, 3.8) is 0 Å². The van der Waals surface area contributed by atoms with Crippen molar-refractivity contribution in [3.05, 3.63) is 65.4 Å². The molecule has 0 spiro atoms. The summed E-state index contributed by atoms with van der Waals surface area (Å²) in [6.07, 6.45) is 2.12. The molecule has 0 atom stereocenters. The number of rotatable bonds is 4. The highest BCUT2D eigenvalue weighted by atomic mass is 16.5. The molecule has 0 aliphatic heterocycles. The largest absolute Gasteiger partial charge is 0.489 e. The van der Waals surface area contributed by atoms with Gasteiger partial charge in [-0.05, 0) is 36.8 Å². The first kappa shape index (κ1) is 13.7. The molecule has 3 heteroatoms. The van der Waals surface area contributed by atoms with Crippen LogP contribution in [0.5, 0.6) is 5.75 Å². The van der Waals surface area contributed by atoms with Crippen LogP contribution in [-0.4, -0.2) is 4.57 Å². The van der Waals surface area contributed by atoms with Crippen LogP contribution in [0.15, 0.2) is 48.7 Å². The zero-order valence-corrected chi connectivity index (χ0v) is 12.5. The molecule has 0 aliphatic carbocycles. The van der Waals surface area contributed by atoms with Crippen molar-refractivity contribution in [2.75, 3.05) is 0 Å². The number of benzene rings is 2. The molecule has 2 N–H and O–H groups in total. The summed E-state index contributed by atoms with van der Waals surface area (Å²) in [5, 5.41) is 1.22. The molecule has 0 saturated heterocycles. The minimum Gasteiger partial charge on any atom is -0.489 e. The maximum atomic E-state index is 5.90. The number of hydrogen-bond donors (Lipinski definition) is 1. The van der Waals surface area contributed by atoms with Gasteiger partial charge in [0.25, 0.3) is 0 Å². The third-order valence-electron chi connectivity index (χ3n) is 3.79. The normalized spacial score (nSPS) is 11.0. The highest BCUT2D eigenvalue weighted by Crippen LogP contribution is 2.24.